The lowest BCUT2D eigenvalue weighted by Gasteiger charge is -2.19. The molecule has 18 heavy (non-hydrogen) atoms. The van der Waals surface area contributed by atoms with E-state index >= 15 is 0 Å². The van der Waals surface area contributed by atoms with Gasteiger partial charge in [-0.15, -0.1) is 0 Å². The predicted octanol–water partition coefficient (Wildman–Crippen LogP) is 2.97. The average Bonchev–Trinajstić information content (AvgIpc) is 2.22. The molecule has 1 rings (SSSR count). The highest BCUT2D eigenvalue weighted by Crippen LogP contribution is 2.29. The SMILES string of the molecule is N=C(N)C(COc1cccc(Cl)c1F)C(F)(F)F. The summed E-state index contributed by atoms with van der Waals surface area (Å²) in [5.41, 5.74) is 4.82. The second-order valence-electron chi connectivity index (χ2n) is 3.41. The van der Waals surface area contributed by atoms with Crippen LogP contribution in [0.15, 0.2) is 18.2 Å². The maximum absolute atomic E-state index is 13.3. The number of nitrogens with one attached hydrogen (secondary N) is 1. The Hall–Kier alpha value is -1.50. The number of halogens is 5. The molecule has 0 heterocycles. The molecular weight excluding hydrogens is 276 g/mol. The molecule has 0 aliphatic rings. The molecule has 0 aliphatic heterocycles. The second-order valence-corrected chi connectivity index (χ2v) is 3.82. The Morgan fingerprint density at radius 1 is 1.44 bits per heavy atom. The van der Waals surface area contributed by atoms with E-state index < -0.39 is 36.1 Å². The maximum atomic E-state index is 13.3. The fraction of sp³-hybridized carbons (Fsp3) is 0.300. The van der Waals surface area contributed by atoms with Crippen molar-refractivity contribution in [2.24, 2.45) is 11.7 Å². The van der Waals surface area contributed by atoms with E-state index in [1.165, 1.54) is 12.1 Å². The Balaban J connectivity index is 2.80. The Kier molecular flexibility index (Phi) is 4.39. The molecule has 1 atom stereocenters. The van der Waals surface area contributed by atoms with E-state index in [0.717, 1.165) is 6.07 Å². The van der Waals surface area contributed by atoms with Crippen LogP contribution in [0.5, 0.6) is 5.75 Å². The lowest BCUT2D eigenvalue weighted by atomic mass is 10.1. The van der Waals surface area contributed by atoms with E-state index in [0.29, 0.717) is 0 Å². The smallest absolute Gasteiger partial charge is 0.401 e. The first kappa shape index (κ1) is 14.6. The minimum Gasteiger partial charge on any atom is -0.489 e. The normalized spacial score (nSPS) is 13.2. The summed E-state index contributed by atoms with van der Waals surface area (Å²) in [5, 5.41) is 6.56. The largest absolute Gasteiger partial charge is 0.489 e. The summed E-state index contributed by atoms with van der Waals surface area (Å²) in [6.07, 6.45) is -4.72. The Morgan fingerprint density at radius 3 is 2.56 bits per heavy atom. The third-order valence-electron chi connectivity index (χ3n) is 2.09. The number of hydrogen-bond donors (Lipinski definition) is 2. The van der Waals surface area contributed by atoms with E-state index in [1.807, 2.05) is 0 Å². The van der Waals surface area contributed by atoms with Gasteiger partial charge in [0.1, 0.15) is 18.4 Å². The van der Waals surface area contributed by atoms with Crippen molar-refractivity contribution in [1.82, 2.24) is 0 Å². The zero-order valence-electron chi connectivity index (χ0n) is 8.89. The van der Waals surface area contributed by atoms with Crippen molar-refractivity contribution in [3.05, 3.63) is 29.0 Å². The summed E-state index contributed by atoms with van der Waals surface area (Å²) in [5.74, 6) is -4.75. The van der Waals surface area contributed by atoms with Crippen LogP contribution in [-0.4, -0.2) is 18.6 Å². The number of amidine groups is 1. The first-order valence-corrected chi connectivity index (χ1v) is 5.08. The summed E-state index contributed by atoms with van der Waals surface area (Å²) in [6.45, 7) is -0.976. The number of benzene rings is 1. The van der Waals surface area contributed by atoms with Gasteiger partial charge in [0, 0.05) is 0 Å². The lowest BCUT2D eigenvalue weighted by Crippen LogP contribution is -2.39. The van der Waals surface area contributed by atoms with Crippen LogP contribution in [0, 0.1) is 17.1 Å². The molecule has 0 bridgehead atoms. The van der Waals surface area contributed by atoms with Gasteiger partial charge in [-0.3, -0.25) is 5.41 Å². The minimum absolute atomic E-state index is 0.265. The van der Waals surface area contributed by atoms with Crippen LogP contribution in [0.3, 0.4) is 0 Å². The van der Waals surface area contributed by atoms with E-state index in [2.05, 4.69) is 4.74 Å². The highest BCUT2D eigenvalue weighted by molar-refractivity contribution is 6.30. The summed E-state index contributed by atoms with van der Waals surface area (Å²) in [6, 6.07) is 3.70. The minimum atomic E-state index is -4.72. The van der Waals surface area contributed by atoms with Crippen molar-refractivity contribution in [1.29, 1.82) is 5.41 Å². The summed E-state index contributed by atoms with van der Waals surface area (Å²) in [4.78, 5) is 0. The number of hydrogen-bond acceptors (Lipinski definition) is 2. The molecule has 0 saturated carbocycles. The number of alkyl halides is 3. The standard InChI is InChI=1S/C10H9ClF4N2O/c11-6-2-1-3-7(8(6)12)18-4-5(9(16)17)10(13,14)15/h1-3,5H,4H2,(H3,16,17). The van der Waals surface area contributed by atoms with Crippen LogP contribution >= 0.6 is 11.6 Å². The molecule has 0 aromatic heterocycles. The van der Waals surface area contributed by atoms with Crippen molar-refractivity contribution in [3.63, 3.8) is 0 Å². The van der Waals surface area contributed by atoms with Gasteiger partial charge in [0.05, 0.1) is 5.02 Å². The maximum Gasteiger partial charge on any atom is 0.401 e. The Bertz CT molecular complexity index is 450. The summed E-state index contributed by atoms with van der Waals surface area (Å²) in [7, 11) is 0. The van der Waals surface area contributed by atoms with Crippen LogP contribution in [0.2, 0.25) is 5.02 Å². The second kappa shape index (κ2) is 5.43. The first-order valence-electron chi connectivity index (χ1n) is 4.71. The van der Waals surface area contributed by atoms with E-state index in [-0.39, 0.29) is 5.02 Å². The molecule has 0 spiro atoms. The van der Waals surface area contributed by atoms with Gasteiger partial charge < -0.3 is 10.5 Å². The first-order chi connectivity index (χ1) is 8.23. The van der Waals surface area contributed by atoms with Crippen LogP contribution < -0.4 is 10.5 Å². The van der Waals surface area contributed by atoms with Crippen LogP contribution in [0.1, 0.15) is 0 Å². The van der Waals surface area contributed by atoms with Crippen molar-refractivity contribution >= 4 is 17.4 Å². The van der Waals surface area contributed by atoms with E-state index in [1.54, 1.807) is 0 Å². The molecule has 8 heteroatoms. The molecule has 0 saturated heterocycles. The molecule has 1 aromatic carbocycles. The third-order valence-corrected chi connectivity index (χ3v) is 2.38. The van der Waals surface area contributed by atoms with Gasteiger partial charge in [-0.25, -0.2) is 4.39 Å². The van der Waals surface area contributed by atoms with E-state index in [9.17, 15) is 17.6 Å². The molecule has 3 nitrogen and oxygen atoms in total. The Labute approximate surface area is 105 Å². The zero-order chi connectivity index (χ0) is 13.9. The molecule has 3 N–H and O–H groups in total. The van der Waals surface area contributed by atoms with Gasteiger partial charge >= 0.3 is 6.18 Å². The molecule has 0 radical (unpaired) electrons. The van der Waals surface area contributed by atoms with Crippen LogP contribution in [0.25, 0.3) is 0 Å². The number of rotatable bonds is 4. The number of nitrogens with two attached hydrogens (primary N) is 1. The molecule has 0 aliphatic carbocycles. The molecule has 1 unspecified atom stereocenters. The van der Waals surface area contributed by atoms with Crippen molar-refractivity contribution < 1.29 is 22.3 Å². The van der Waals surface area contributed by atoms with Gasteiger partial charge in [-0.05, 0) is 12.1 Å². The summed E-state index contributed by atoms with van der Waals surface area (Å²) >= 11 is 5.44. The van der Waals surface area contributed by atoms with Crippen molar-refractivity contribution in [2.45, 2.75) is 6.18 Å². The third kappa shape index (κ3) is 3.49. The summed E-state index contributed by atoms with van der Waals surface area (Å²) < 4.78 is 55.3. The zero-order valence-corrected chi connectivity index (χ0v) is 9.65. The molecule has 0 fully saturated rings. The molecule has 1 aromatic rings. The van der Waals surface area contributed by atoms with Gasteiger partial charge in [-0.1, -0.05) is 17.7 Å². The van der Waals surface area contributed by atoms with Crippen LogP contribution in [-0.2, 0) is 0 Å². The average molecular weight is 285 g/mol. The topological polar surface area (TPSA) is 59.1 Å². The highest BCUT2D eigenvalue weighted by Gasteiger charge is 2.42. The quantitative estimate of drug-likeness (QED) is 0.507. The monoisotopic (exact) mass is 284 g/mol. The fourth-order valence-electron chi connectivity index (χ4n) is 1.13. The Morgan fingerprint density at radius 2 is 2.06 bits per heavy atom. The lowest BCUT2D eigenvalue weighted by molar-refractivity contribution is -0.162. The molecule has 100 valence electrons. The molecule has 0 amide bonds. The van der Waals surface area contributed by atoms with E-state index in [4.69, 9.17) is 22.7 Å². The van der Waals surface area contributed by atoms with Gasteiger partial charge in [0.2, 0.25) is 0 Å². The number of ether oxygens (including phenoxy) is 1. The predicted molar refractivity (Wildman–Crippen MR) is 58.4 cm³/mol. The van der Waals surface area contributed by atoms with Gasteiger partial charge in [-0.2, -0.15) is 13.2 Å². The van der Waals surface area contributed by atoms with Crippen LogP contribution in [0.4, 0.5) is 17.6 Å². The van der Waals surface area contributed by atoms with Gasteiger partial charge in [0.25, 0.3) is 0 Å². The highest BCUT2D eigenvalue weighted by atomic mass is 35.5. The van der Waals surface area contributed by atoms with Gasteiger partial charge in [0.15, 0.2) is 11.6 Å². The fourth-order valence-corrected chi connectivity index (χ4v) is 1.30. The van der Waals surface area contributed by atoms with Crippen molar-refractivity contribution in [3.8, 4) is 5.75 Å². The molecular formula is C10H9ClF4N2O. The van der Waals surface area contributed by atoms with Crippen molar-refractivity contribution in [2.75, 3.05) is 6.61 Å².